The van der Waals surface area contributed by atoms with Crippen molar-refractivity contribution in [3.8, 4) is 0 Å². The van der Waals surface area contributed by atoms with Crippen LogP contribution in [-0.4, -0.2) is 18.0 Å². The predicted octanol–water partition coefficient (Wildman–Crippen LogP) is 4.89. The Morgan fingerprint density at radius 3 is 1.94 bits per heavy atom. The van der Waals surface area contributed by atoms with E-state index in [4.69, 9.17) is 0 Å². The molecule has 0 N–H and O–H groups in total. The van der Waals surface area contributed by atoms with E-state index in [1.165, 1.54) is 44.3 Å². The fraction of sp³-hybridized carbons (Fsp3) is 0.529. The molecule has 0 saturated carbocycles. The van der Waals surface area contributed by atoms with Gasteiger partial charge in [0, 0.05) is 6.54 Å². The number of likely N-dealkylation sites (tertiary alicyclic amines) is 1. The average Bonchev–Trinajstić information content (AvgIpc) is 2.44. The third-order valence-corrected chi connectivity index (χ3v) is 2.70. The van der Waals surface area contributed by atoms with Crippen LogP contribution in [0.3, 0.4) is 0 Å². The summed E-state index contributed by atoms with van der Waals surface area (Å²) in [5, 5.41) is 0. The van der Waals surface area contributed by atoms with Gasteiger partial charge in [-0.2, -0.15) is 0 Å². The molecule has 0 aliphatic carbocycles. The lowest BCUT2D eigenvalue weighted by Crippen LogP contribution is -2.28. The molecule has 1 aliphatic rings. The Labute approximate surface area is 114 Å². The fourth-order valence-corrected chi connectivity index (χ4v) is 1.96. The molecule has 0 aromatic heterocycles. The summed E-state index contributed by atoms with van der Waals surface area (Å²) in [5.74, 6) is 0. The van der Waals surface area contributed by atoms with E-state index in [0.717, 1.165) is 6.54 Å². The van der Waals surface area contributed by atoms with Gasteiger partial charge in [0.1, 0.15) is 0 Å². The van der Waals surface area contributed by atoms with Gasteiger partial charge in [-0.05, 0) is 31.5 Å². The van der Waals surface area contributed by atoms with Gasteiger partial charge in [-0.15, -0.1) is 13.2 Å². The maximum absolute atomic E-state index is 3.00. The molecule has 18 heavy (non-hydrogen) atoms. The number of benzene rings is 1. The summed E-state index contributed by atoms with van der Waals surface area (Å²) >= 11 is 0. The van der Waals surface area contributed by atoms with Gasteiger partial charge in [-0.1, -0.05) is 57.0 Å². The molecule has 0 amide bonds. The van der Waals surface area contributed by atoms with Gasteiger partial charge in [0.25, 0.3) is 0 Å². The molecule has 1 aliphatic heterocycles. The third kappa shape index (κ3) is 8.08. The largest absolute Gasteiger partial charge is 0.299 e. The molecule has 0 atom stereocenters. The molecule has 1 aromatic rings. The number of hydrogen-bond acceptors (Lipinski definition) is 1. The Bertz CT molecular complexity index is 262. The van der Waals surface area contributed by atoms with Crippen LogP contribution >= 0.6 is 0 Å². The second kappa shape index (κ2) is 12.4. The van der Waals surface area contributed by atoms with Crippen molar-refractivity contribution in [3.05, 3.63) is 49.1 Å². The number of rotatable bonds is 2. The predicted molar refractivity (Wildman–Crippen MR) is 82.8 cm³/mol. The van der Waals surface area contributed by atoms with Gasteiger partial charge in [-0.25, -0.2) is 0 Å². The van der Waals surface area contributed by atoms with Crippen LogP contribution in [0, 0.1) is 0 Å². The van der Waals surface area contributed by atoms with E-state index in [9.17, 15) is 0 Å². The molecule has 0 bridgehead atoms. The molecular formula is C17H29N. The Balaban J connectivity index is 0.000000509. The Morgan fingerprint density at radius 1 is 0.944 bits per heavy atom. The molecule has 1 nitrogen and oxygen atoms in total. The number of hydrogen-bond donors (Lipinski definition) is 0. The van der Waals surface area contributed by atoms with Crippen LogP contribution in [0.4, 0.5) is 0 Å². The van der Waals surface area contributed by atoms with E-state index < -0.39 is 0 Å². The summed E-state index contributed by atoms with van der Waals surface area (Å²) in [6.07, 6.45) is 5.44. The Hall–Kier alpha value is -1.08. The molecule has 1 aromatic carbocycles. The van der Waals surface area contributed by atoms with Crippen molar-refractivity contribution in [1.82, 2.24) is 4.90 Å². The minimum atomic E-state index is 1.14. The quantitative estimate of drug-likeness (QED) is 0.672. The average molecular weight is 247 g/mol. The number of nitrogens with zero attached hydrogens (tertiary/aromatic N) is 1. The first-order valence-electron chi connectivity index (χ1n) is 7.13. The van der Waals surface area contributed by atoms with Crippen LogP contribution in [0.5, 0.6) is 0 Å². The van der Waals surface area contributed by atoms with E-state index >= 15 is 0 Å². The zero-order valence-electron chi connectivity index (χ0n) is 12.2. The second-order valence-corrected chi connectivity index (χ2v) is 4.53. The first kappa shape index (κ1) is 16.9. The fourth-order valence-electron chi connectivity index (χ4n) is 1.96. The Morgan fingerprint density at radius 2 is 1.44 bits per heavy atom. The SMILES string of the molecule is C=C.CCC.c1ccc(CN2CCCCC2)cc1. The van der Waals surface area contributed by atoms with Crippen molar-refractivity contribution in [2.75, 3.05) is 13.1 Å². The van der Waals surface area contributed by atoms with Crippen LogP contribution < -0.4 is 0 Å². The van der Waals surface area contributed by atoms with Gasteiger partial charge in [0.05, 0.1) is 0 Å². The molecule has 1 heterocycles. The van der Waals surface area contributed by atoms with Gasteiger partial charge in [0.15, 0.2) is 0 Å². The van der Waals surface area contributed by atoms with Crippen LogP contribution in [-0.2, 0) is 6.54 Å². The van der Waals surface area contributed by atoms with Crippen molar-refractivity contribution < 1.29 is 0 Å². The van der Waals surface area contributed by atoms with Crippen LogP contribution in [0.1, 0.15) is 45.1 Å². The smallest absolute Gasteiger partial charge is 0.0233 e. The summed E-state index contributed by atoms with van der Waals surface area (Å²) in [7, 11) is 0. The first-order chi connectivity index (χ1) is 8.86. The lowest BCUT2D eigenvalue weighted by atomic mass is 10.1. The number of piperidine rings is 1. The highest BCUT2D eigenvalue weighted by atomic mass is 15.1. The highest BCUT2D eigenvalue weighted by Crippen LogP contribution is 2.12. The third-order valence-electron chi connectivity index (χ3n) is 2.70. The topological polar surface area (TPSA) is 3.24 Å². The zero-order chi connectivity index (χ0) is 13.6. The van der Waals surface area contributed by atoms with Gasteiger partial charge in [-0.3, -0.25) is 4.90 Å². The molecule has 0 radical (unpaired) electrons. The van der Waals surface area contributed by atoms with Crippen LogP contribution in [0.15, 0.2) is 43.5 Å². The van der Waals surface area contributed by atoms with Gasteiger partial charge < -0.3 is 0 Å². The van der Waals surface area contributed by atoms with Crippen molar-refractivity contribution in [1.29, 1.82) is 0 Å². The molecule has 1 saturated heterocycles. The maximum atomic E-state index is 3.00. The normalized spacial score (nSPS) is 14.8. The summed E-state index contributed by atoms with van der Waals surface area (Å²) in [4.78, 5) is 2.55. The lowest BCUT2D eigenvalue weighted by Gasteiger charge is -2.26. The van der Waals surface area contributed by atoms with Gasteiger partial charge in [0.2, 0.25) is 0 Å². The molecule has 0 unspecified atom stereocenters. The second-order valence-electron chi connectivity index (χ2n) is 4.53. The van der Waals surface area contributed by atoms with Crippen molar-refractivity contribution in [2.24, 2.45) is 0 Å². The molecule has 1 heteroatoms. The molecular weight excluding hydrogens is 218 g/mol. The lowest BCUT2D eigenvalue weighted by molar-refractivity contribution is 0.221. The standard InChI is InChI=1S/C12H17N.C3H8.C2H4/c1-3-7-12(8-4-1)11-13-9-5-2-6-10-13;1-3-2;1-2/h1,3-4,7-8H,2,5-6,9-11H2;3H2,1-2H3;1-2H2. The first-order valence-corrected chi connectivity index (χ1v) is 7.13. The maximum Gasteiger partial charge on any atom is 0.0233 e. The zero-order valence-corrected chi connectivity index (χ0v) is 12.2. The van der Waals surface area contributed by atoms with Crippen molar-refractivity contribution in [2.45, 2.75) is 46.1 Å². The van der Waals surface area contributed by atoms with E-state index in [-0.39, 0.29) is 0 Å². The summed E-state index contributed by atoms with van der Waals surface area (Å²) in [5.41, 5.74) is 1.45. The highest BCUT2D eigenvalue weighted by molar-refractivity contribution is 5.14. The Kier molecular flexibility index (Phi) is 11.6. The minimum Gasteiger partial charge on any atom is -0.299 e. The van der Waals surface area contributed by atoms with Crippen molar-refractivity contribution in [3.63, 3.8) is 0 Å². The van der Waals surface area contributed by atoms with E-state index in [2.05, 4.69) is 62.2 Å². The van der Waals surface area contributed by atoms with Crippen LogP contribution in [0.25, 0.3) is 0 Å². The van der Waals surface area contributed by atoms with Crippen LogP contribution in [0.2, 0.25) is 0 Å². The van der Waals surface area contributed by atoms with E-state index in [1.54, 1.807) is 0 Å². The van der Waals surface area contributed by atoms with Crippen molar-refractivity contribution >= 4 is 0 Å². The molecule has 1 fully saturated rings. The minimum absolute atomic E-state index is 1.14. The summed E-state index contributed by atoms with van der Waals surface area (Å²) in [6.45, 7) is 14.0. The van der Waals surface area contributed by atoms with E-state index in [1.807, 2.05) is 0 Å². The molecule has 2 rings (SSSR count). The summed E-state index contributed by atoms with van der Waals surface area (Å²) in [6, 6.07) is 10.8. The highest BCUT2D eigenvalue weighted by Gasteiger charge is 2.09. The monoisotopic (exact) mass is 247 g/mol. The molecule has 102 valence electrons. The van der Waals surface area contributed by atoms with Gasteiger partial charge >= 0.3 is 0 Å². The van der Waals surface area contributed by atoms with E-state index in [0.29, 0.717) is 0 Å². The molecule has 0 spiro atoms. The summed E-state index contributed by atoms with van der Waals surface area (Å²) < 4.78 is 0.